The first-order valence-electron chi connectivity index (χ1n) is 17.5. The number of fused-ring (bicyclic) bond motifs is 1. The minimum Gasteiger partial charge on any atom is -0.496 e. The predicted molar refractivity (Wildman–Crippen MR) is 189 cm³/mol. The zero-order valence-electron chi connectivity index (χ0n) is 28.9. The van der Waals surface area contributed by atoms with Gasteiger partial charge in [0.25, 0.3) is 0 Å². The molecule has 2 amide bonds. The van der Waals surface area contributed by atoms with Crippen LogP contribution in [0.25, 0.3) is 17.0 Å². The van der Waals surface area contributed by atoms with Gasteiger partial charge in [0.1, 0.15) is 10.8 Å². The smallest absolute Gasteiger partial charge is 0.226 e. The summed E-state index contributed by atoms with van der Waals surface area (Å²) in [6.07, 6.45) is 20.2. The van der Waals surface area contributed by atoms with Gasteiger partial charge in [-0.3, -0.25) is 14.7 Å². The van der Waals surface area contributed by atoms with Crippen molar-refractivity contribution in [1.82, 2.24) is 25.1 Å². The number of amides is 2. The molecule has 10 heteroatoms. The molecule has 3 N–H and O–H groups in total. The molecule has 0 unspecified atom stereocenters. The lowest BCUT2D eigenvalue weighted by atomic mass is 9.92. The lowest BCUT2D eigenvalue weighted by Gasteiger charge is -2.16. The van der Waals surface area contributed by atoms with Gasteiger partial charge in [-0.2, -0.15) is 4.63 Å². The van der Waals surface area contributed by atoms with Crippen LogP contribution in [-0.2, 0) is 15.0 Å². The summed E-state index contributed by atoms with van der Waals surface area (Å²) in [4.78, 5) is 29.4. The van der Waals surface area contributed by atoms with Crippen LogP contribution in [0.3, 0.4) is 0 Å². The summed E-state index contributed by atoms with van der Waals surface area (Å²) in [5.41, 5.74) is 2.50. The molecule has 0 saturated carbocycles. The van der Waals surface area contributed by atoms with Gasteiger partial charge < -0.3 is 15.4 Å². The van der Waals surface area contributed by atoms with E-state index in [1.807, 2.05) is 0 Å². The molecular weight excluding hydrogens is 600 g/mol. The van der Waals surface area contributed by atoms with Crippen molar-refractivity contribution in [3.63, 3.8) is 0 Å². The fourth-order valence-electron chi connectivity index (χ4n) is 5.65. The highest BCUT2D eigenvalue weighted by Crippen LogP contribution is 2.34. The van der Waals surface area contributed by atoms with Crippen molar-refractivity contribution in [3.8, 4) is 17.1 Å². The van der Waals surface area contributed by atoms with Gasteiger partial charge in [0, 0.05) is 36.6 Å². The molecule has 0 radical (unpaired) electrons. The van der Waals surface area contributed by atoms with Gasteiger partial charge in [0.15, 0.2) is 11.5 Å². The number of H-pyrrole nitrogens is 1. The van der Waals surface area contributed by atoms with Gasteiger partial charge in [-0.05, 0) is 18.6 Å². The van der Waals surface area contributed by atoms with E-state index in [1.165, 1.54) is 83.5 Å². The standard InChI is InChI=1S/C36H57ClN6O3/c1-6-7-8-9-10-11-12-13-14-15-16-17-18-19-20-21-30(44)38-25-24-31(45)39-27-22-23-28(29(26-27)46-5)34-40-35-32(37)33(36(2,3)4)41-43(35)42-34/h22-23,26,41H,6-21,24-25H2,1-5H3,(H,38,44)(H,39,45). The number of halogens is 1. The average Bonchev–Trinajstić information content (AvgIpc) is 3.58. The second-order valence-corrected chi connectivity index (χ2v) is 13.9. The Morgan fingerprint density at radius 1 is 0.870 bits per heavy atom. The Morgan fingerprint density at radius 3 is 2.00 bits per heavy atom. The first-order valence-corrected chi connectivity index (χ1v) is 17.9. The quantitative estimate of drug-likeness (QED) is 0.0933. The summed E-state index contributed by atoms with van der Waals surface area (Å²) in [7, 11) is 1.56. The van der Waals surface area contributed by atoms with Crippen molar-refractivity contribution in [2.45, 2.75) is 142 Å². The first kappa shape index (κ1) is 37.4. The molecule has 1 aromatic carbocycles. The molecular formula is C36H57ClN6O3. The number of methoxy groups -OCH3 is 1. The number of rotatable bonds is 22. The van der Waals surface area contributed by atoms with Crippen molar-refractivity contribution in [3.05, 3.63) is 28.9 Å². The summed E-state index contributed by atoms with van der Waals surface area (Å²) in [5, 5.41) is 14.1. The first-order chi connectivity index (χ1) is 22.1. The lowest BCUT2D eigenvalue weighted by Crippen LogP contribution is -2.27. The Balaban J connectivity index is 1.27. The number of benzene rings is 1. The Hall–Kier alpha value is -3.07. The van der Waals surface area contributed by atoms with E-state index in [4.69, 9.17) is 16.3 Å². The van der Waals surface area contributed by atoms with Gasteiger partial charge in [-0.25, -0.2) is 4.98 Å². The third kappa shape index (κ3) is 12.3. The fourth-order valence-corrected chi connectivity index (χ4v) is 6.10. The highest BCUT2D eigenvalue weighted by Gasteiger charge is 2.25. The topological polar surface area (TPSA) is 113 Å². The normalized spacial score (nSPS) is 11.7. The minimum absolute atomic E-state index is 0.00652. The maximum absolute atomic E-state index is 12.5. The van der Waals surface area contributed by atoms with Gasteiger partial charge in [0.2, 0.25) is 11.8 Å². The SMILES string of the molecule is CCCCCCCCCCCCCCCCCC(=O)NCCC(=O)Nc1ccc(-c2nc3c(Cl)c(C(C)(C)C)[nH]n3n2)c(OC)c1. The molecule has 9 nitrogen and oxygen atoms in total. The van der Waals surface area contributed by atoms with Crippen LogP contribution < -0.4 is 15.4 Å². The summed E-state index contributed by atoms with van der Waals surface area (Å²) in [5.74, 6) is 0.805. The Kier molecular flexibility index (Phi) is 15.9. The molecule has 0 aliphatic carbocycles. The van der Waals surface area contributed by atoms with Crippen LogP contribution in [-0.4, -0.2) is 45.3 Å². The molecule has 0 aliphatic heterocycles. The Morgan fingerprint density at radius 2 is 1.46 bits per heavy atom. The van der Waals surface area contributed by atoms with Gasteiger partial charge >= 0.3 is 0 Å². The second-order valence-electron chi connectivity index (χ2n) is 13.5. The zero-order chi connectivity index (χ0) is 33.4. The van der Waals surface area contributed by atoms with Crippen molar-refractivity contribution in [2.75, 3.05) is 19.0 Å². The van der Waals surface area contributed by atoms with Gasteiger partial charge in [0.05, 0.1) is 18.4 Å². The number of carbonyl (C=O) groups excluding carboxylic acids is 2. The number of carbonyl (C=O) groups is 2. The van der Waals surface area contributed by atoms with Crippen molar-refractivity contribution in [1.29, 1.82) is 0 Å². The van der Waals surface area contributed by atoms with Crippen LogP contribution >= 0.6 is 11.6 Å². The molecule has 3 rings (SSSR count). The second kappa shape index (κ2) is 19.6. The molecule has 2 aromatic heterocycles. The van der Waals surface area contributed by atoms with E-state index in [0.717, 1.165) is 18.5 Å². The van der Waals surface area contributed by atoms with E-state index in [9.17, 15) is 9.59 Å². The van der Waals surface area contributed by atoms with Crippen LogP contribution in [0.5, 0.6) is 5.75 Å². The fraction of sp³-hybridized carbons (Fsp3) is 0.667. The van der Waals surface area contributed by atoms with Crippen LogP contribution in [0.15, 0.2) is 18.2 Å². The maximum atomic E-state index is 12.5. The van der Waals surface area contributed by atoms with E-state index in [1.54, 1.807) is 29.9 Å². The molecule has 0 atom stereocenters. The molecule has 0 saturated heterocycles. The van der Waals surface area contributed by atoms with E-state index in [2.05, 4.69) is 53.5 Å². The third-order valence-electron chi connectivity index (χ3n) is 8.40. The van der Waals surface area contributed by atoms with E-state index < -0.39 is 0 Å². The summed E-state index contributed by atoms with van der Waals surface area (Å²) >= 11 is 6.58. The predicted octanol–water partition coefficient (Wildman–Crippen LogP) is 9.39. The number of aromatic nitrogens is 4. The minimum atomic E-state index is -0.183. The number of hydrogen-bond acceptors (Lipinski definition) is 5. The molecule has 0 bridgehead atoms. The number of hydrogen-bond donors (Lipinski definition) is 3. The highest BCUT2D eigenvalue weighted by atomic mass is 35.5. The van der Waals surface area contributed by atoms with E-state index in [0.29, 0.717) is 46.5 Å². The van der Waals surface area contributed by atoms with Crippen molar-refractivity contribution < 1.29 is 14.3 Å². The largest absolute Gasteiger partial charge is 0.496 e. The van der Waals surface area contributed by atoms with Crippen LogP contribution in [0.4, 0.5) is 5.69 Å². The molecule has 256 valence electrons. The number of unbranched alkanes of at least 4 members (excludes halogenated alkanes) is 14. The molecule has 0 fully saturated rings. The zero-order valence-corrected chi connectivity index (χ0v) is 29.7. The summed E-state index contributed by atoms with van der Waals surface area (Å²) in [6.45, 7) is 8.77. The Labute approximate surface area is 281 Å². The summed E-state index contributed by atoms with van der Waals surface area (Å²) < 4.78 is 7.15. The average molecular weight is 657 g/mol. The Bertz CT molecular complexity index is 1360. The molecule has 3 aromatic rings. The molecule has 46 heavy (non-hydrogen) atoms. The van der Waals surface area contributed by atoms with Gasteiger partial charge in [-0.15, -0.1) is 5.10 Å². The number of nitrogens with zero attached hydrogens (tertiary/aromatic N) is 3. The van der Waals surface area contributed by atoms with Gasteiger partial charge in [-0.1, -0.05) is 129 Å². The van der Waals surface area contributed by atoms with Crippen LogP contribution in [0.1, 0.15) is 143 Å². The van der Waals surface area contributed by atoms with E-state index >= 15 is 0 Å². The lowest BCUT2D eigenvalue weighted by molar-refractivity contribution is -0.121. The number of nitrogens with one attached hydrogen (secondary N) is 3. The van der Waals surface area contributed by atoms with Crippen LogP contribution in [0.2, 0.25) is 5.02 Å². The molecule has 2 heterocycles. The number of anilines is 1. The monoisotopic (exact) mass is 656 g/mol. The van der Waals surface area contributed by atoms with Crippen molar-refractivity contribution >= 4 is 34.7 Å². The molecule has 0 aliphatic rings. The van der Waals surface area contributed by atoms with E-state index in [-0.39, 0.29) is 23.7 Å². The number of ether oxygens (including phenoxy) is 1. The number of aromatic amines is 1. The third-order valence-corrected chi connectivity index (χ3v) is 8.76. The van der Waals surface area contributed by atoms with Crippen molar-refractivity contribution in [2.24, 2.45) is 0 Å². The maximum Gasteiger partial charge on any atom is 0.226 e. The summed E-state index contributed by atoms with van der Waals surface area (Å²) in [6, 6.07) is 5.32. The molecule has 0 spiro atoms. The highest BCUT2D eigenvalue weighted by molar-refractivity contribution is 6.34. The van der Waals surface area contributed by atoms with Crippen LogP contribution in [0, 0.1) is 0 Å².